The third-order valence-electron chi connectivity index (χ3n) is 1.75. The highest BCUT2D eigenvalue weighted by Crippen LogP contribution is 2.55. The Morgan fingerprint density at radius 1 is 1.27 bits per heavy atom. The smallest absolute Gasteiger partial charge is 0.228 e. The van der Waals surface area contributed by atoms with Crippen LogP contribution in [0.25, 0.3) is 0 Å². The van der Waals surface area contributed by atoms with E-state index in [1.807, 2.05) is 30.3 Å². The molecular weight excluding hydrogens is 244 g/mol. The third kappa shape index (κ3) is 4.13. The first kappa shape index (κ1) is 13.0. The van der Waals surface area contributed by atoms with E-state index in [0.717, 1.165) is 5.56 Å². The first-order chi connectivity index (χ1) is 6.91. The van der Waals surface area contributed by atoms with Crippen LogP contribution in [0.5, 0.6) is 0 Å². The maximum absolute atomic E-state index is 11.8. The second kappa shape index (κ2) is 5.32. The lowest BCUT2D eigenvalue weighted by Gasteiger charge is -2.28. The Balaban J connectivity index is 2.65. The Labute approximate surface area is 103 Å². The highest BCUT2D eigenvalue weighted by atomic mass is 33.5. The number of hydrogen-bond donors (Lipinski definition) is 2. The number of hydrogen-bond acceptors (Lipinski definition) is 3. The van der Waals surface area contributed by atoms with Crippen molar-refractivity contribution in [2.75, 3.05) is 0 Å². The molecule has 0 aromatic heterocycles. The summed E-state index contributed by atoms with van der Waals surface area (Å²) in [7, 11) is 0.727. The van der Waals surface area contributed by atoms with Crippen molar-refractivity contribution >= 4 is 36.5 Å². The highest BCUT2D eigenvalue weighted by molar-refractivity contribution is 9.16. The topological polar surface area (TPSA) is 17.1 Å². The summed E-state index contributed by atoms with van der Waals surface area (Å²) in [5.41, 5.74) is 0.758. The lowest BCUT2D eigenvalue weighted by atomic mass is 10.2. The van der Waals surface area contributed by atoms with E-state index in [0.29, 0.717) is 0 Å². The van der Waals surface area contributed by atoms with Crippen molar-refractivity contribution in [1.29, 1.82) is 0 Å². The molecule has 0 fully saturated rings. The normalized spacial score (nSPS) is 14.8. The van der Waals surface area contributed by atoms with Gasteiger partial charge < -0.3 is 0 Å². The van der Waals surface area contributed by atoms with E-state index in [2.05, 4.69) is 32.4 Å². The maximum Gasteiger partial charge on any atom is 0.228 e. The number of carbonyl (C=O) groups is 1. The van der Waals surface area contributed by atoms with Gasteiger partial charge in [0.25, 0.3) is 0 Å². The lowest BCUT2D eigenvalue weighted by Crippen LogP contribution is -2.10. The minimum absolute atomic E-state index is 0.0908. The molecular formula is C11H16OS3. The zero-order valence-electron chi connectivity index (χ0n) is 9.10. The van der Waals surface area contributed by atoms with Gasteiger partial charge in [0.1, 0.15) is 0 Å². The van der Waals surface area contributed by atoms with E-state index in [1.54, 1.807) is 0 Å². The van der Waals surface area contributed by atoms with E-state index in [1.165, 1.54) is 10.8 Å². The summed E-state index contributed by atoms with van der Waals surface area (Å²) < 4.78 is 0.0908. The van der Waals surface area contributed by atoms with Crippen LogP contribution in [-0.2, 0) is 0 Å². The van der Waals surface area contributed by atoms with Gasteiger partial charge in [0, 0.05) is 10.3 Å². The molecule has 1 aromatic rings. The van der Waals surface area contributed by atoms with Gasteiger partial charge in [-0.2, -0.15) is 0 Å². The van der Waals surface area contributed by atoms with Crippen molar-refractivity contribution in [3.05, 3.63) is 35.9 Å². The maximum atomic E-state index is 11.8. The molecule has 0 aliphatic carbocycles. The molecule has 0 saturated carbocycles. The van der Waals surface area contributed by atoms with Crippen molar-refractivity contribution in [3.63, 3.8) is 0 Å². The van der Waals surface area contributed by atoms with Crippen LogP contribution in [0.15, 0.2) is 30.3 Å². The zero-order valence-corrected chi connectivity index (χ0v) is 11.7. The molecule has 1 aromatic carbocycles. The van der Waals surface area contributed by atoms with Crippen LogP contribution in [0.3, 0.4) is 0 Å². The third-order valence-corrected chi connectivity index (χ3v) is 8.67. The summed E-state index contributed by atoms with van der Waals surface area (Å²) >= 11 is 4.51. The van der Waals surface area contributed by atoms with Gasteiger partial charge in [-0.1, -0.05) is 51.1 Å². The van der Waals surface area contributed by atoms with E-state index in [4.69, 9.17) is 0 Å². The van der Waals surface area contributed by atoms with Crippen molar-refractivity contribution in [2.45, 2.75) is 25.5 Å². The second-order valence-electron chi connectivity index (χ2n) is 4.19. The number of carbonyl (C=O) groups excluding carboxylic acids is 1. The summed E-state index contributed by atoms with van der Waals surface area (Å²) in [5.74, 6) is 0. The van der Waals surface area contributed by atoms with Gasteiger partial charge in [0.05, 0.1) is 0 Å². The molecule has 0 heterocycles. The van der Waals surface area contributed by atoms with E-state index in [9.17, 15) is 4.79 Å². The summed E-state index contributed by atoms with van der Waals surface area (Å²) in [6, 6.07) is 9.36. The SMILES string of the molecule is CC(C)(C)[SH](S)SC(=O)c1ccccc1. The van der Waals surface area contributed by atoms with Crippen molar-refractivity contribution in [3.8, 4) is 0 Å². The molecule has 4 heteroatoms. The van der Waals surface area contributed by atoms with Crippen LogP contribution in [0.1, 0.15) is 31.1 Å². The van der Waals surface area contributed by atoms with Gasteiger partial charge in [-0.05, 0) is 10.8 Å². The Hall–Kier alpha value is -0.0600. The van der Waals surface area contributed by atoms with Crippen LogP contribution in [0, 0.1) is 0 Å². The van der Waals surface area contributed by atoms with Crippen LogP contribution in [0.4, 0.5) is 0 Å². The molecule has 1 rings (SSSR count). The summed E-state index contributed by atoms with van der Waals surface area (Å²) in [6.45, 7) is 6.32. The standard InChI is InChI=1S/C11H16OS3/c1-11(2,3)15(13)14-10(12)9-7-5-4-6-8-9/h4-8,13,15H,1-3H3. The fourth-order valence-electron chi connectivity index (χ4n) is 0.842. The van der Waals surface area contributed by atoms with E-state index >= 15 is 0 Å². The molecule has 0 spiro atoms. The Morgan fingerprint density at radius 3 is 2.27 bits per heavy atom. The van der Waals surface area contributed by atoms with Gasteiger partial charge in [-0.3, -0.25) is 4.79 Å². The Kier molecular flexibility index (Phi) is 4.62. The zero-order chi connectivity index (χ0) is 11.5. The van der Waals surface area contributed by atoms with Gasteiger partial charge in [-0.15, -0.1) is 20.6 Å². The van der Waals surface area contributed by atoms with Crippen LogP contribution in [-0.4, -0.2) is 9.86 Å². The lowest BCUT2D eigenvalue weighted by molar-refractivity contribution is 0.109. The average Bonchev–Trinajstić information content (AvgIpc) is 2.17. The predicted molar refractivity (Wildman–Crippen MR) is 76.1 cm³/mol. The number of benzene rings is 1. The van der Waals surface area contributed by atoms with Crippen molar-refractivity contribution in [1.82, 2.24) is 0 Å². The van der Waals surface area contributed by atoms with Gasteiger partial charge in [0.2, 0.25) is 5.12 Å². The van der Waals surface area contributed by atoms with Crippen LogP contribution >= 0.6 is 31.4 Å². The molecule has 15 heavy (non-hydrogen) atoms. The first-order valence-corrected chi connectivity index (χ1v) is 8.59. The van der Waals surface area contributed by atoms with E-state index in [-0.39, 0.29) is 9.86 Å². The number of rotatable bonds is 2. The molecule has 1 nitrogen and oxygen atoms in total. The Bertz CT molecular complexity index is 329. The summed E-state index contributed by atoms with van der Waals surface area (Å²) in [4.78, 5) is 11.8. The molecule has 0 aliphatic heterocycles. The molecule has 1 atom stereocenters. The fraction of sp³-hybridized carbons (Fsp3) is 0.364. The van der Waals surface area contributed by atoms with Crippen LogP contribution in [0.2, 0.25) is 0 Å². The number of thiol groups is 2. The molecule has 1 unspecified atom stereocenters. The van der Waals surface area contributed by atoms with Gasteiger partial charge >= 0.3 is 0 Å². The van der Waals surface area contributed by atoms with Crippen molar-refractivity contribution in [2.24, 2.45) is 0 Å². The molecule has 0 saturated heterocycles. The molecule has 0 amide bonds. The fourth-order valence-corrected chi connectivity index (χ4v) is 3.79. The second-order valence-corrected chi connectivity index (χ2v) is 10.3. The minimum atomic E-state index is -0.623. The monoisotopic (exact) mass is 260 g/mol. The van der Waals surface area contributed by atoms with Gasteiger partial charge in [0.15, 0.2) is 0 Å². The van der Waals surface area contributed by atoms with E-state index < -0.39 is 8.96 Å². The summed E-state index contributed by atoms with van der Waals surface area (Å²) in [5, 5.41) is 0.117. The minimum Gasteiger partial charge on any atom is -0.281 e. The quantitative estimate of drug-likeness (QED) is 0.615. The molecule has 84 valence electrons. The highest BCUT2D eigenvalue weighted by Gasteiger charge is 2.21. The molecule has 0 aliphatic rings. The average molecular weight is 260 g/mol. The first-order valence-electron chi connectivity index (χ1n) is 4.68. The molecule has 0 bridgehead atoms. The summed E-state index contributed by atoms with van der Waals surface area (Å²) in [6.07, 6.45) is 0. The molecule has 0 N–H and O–H groups in total. The van der Waals surface area contributed by atoms with Crippen molar-refractivity contribution < 1.29 is 4.79 Å². The Morgan fingerprint density at radius 2 is 1.80 bits per heavy atom. The molecule has 0 radical (unpaired) electrons. The van der Waals surface area contributed by atoms with Crippen LogP contribution < -0.4 is 0 Å². The van der Waals surface area contributed by atoms with Gasteiger partial charge in [-0.25, -0.2) is 0 Å². The predicted octanol–water partition coefficient (Wildman–Crippen LogP) is 4.12. The largest absolute Gasteiger partial charge is 0.281 e.